The molecule has 0 aromatic heterocycles. The Kier molecular flexibility index (Phi) is 10.00. The van der Waals surface area contributed by atoms with Gasteiger partial charge in [-0.2, -0.15) is 0 Å². The Morgan fingerprint density at radius 2 is 1.43 bits per heavy atom. The van der Waals surface area contributed by atoms with E-state index in [9.17, 15) is 30.6 Å². The molecule has 4 heterocycles. The van der Waals surface area contributed by atoms with Crippen LogP contribution in [-0.4, -0.2) is 123 Å². The van der Waals surface area contributed by atoms with Crippen molar-refractivity contribution in [1.82, 2.24) is 0 Å². The molecule has 0 aromatic carbocycles. The molecule has 292 valence electrons. The van der Waals surface area contributed by atoms with Crippen molar-refractivity contribution in [1.29, 1.82) is 0 Å². The SMILES string of the molecule is C[C@H]1CC[C@@]2(OC1)O[C@H]1C[C@H]3[C@@H]4CC[C@@H]5C[C@@H](O[C@@H]6O[C@H](CO)[C@@H](O[C@@H]7O[C@@H](C)[C@H](O)[C@@H](O)[C@H]7O)[C@H](O)[C@H]6O)CC[C@]5(C)[C@H]4CC[C@]3(C)[C@H]1[C@@H]2C. The summed E-state index contributed by atoms with van der Waals surface area (Å²) in [6, 6.07) is 0. The highest BCUT2D eigenvalue weighted by Gasteiger charge is 2.69. The molecular weight excluding hydrogens is 660 g/mol. The average molecular weight is 725 g/mol. The normalized spacial score (nSPS) is 59.9. The molecule has 8 fully saturated rings. The Hall–Kier alpha value is -0.480. The lowest BCUT2D eigenvalue weighted by Gasteiger charge is -2.61. The van der Waals surface area contributed by atoms with E-state index >= 15 is 0 Å². The molecule has 4 aliphatic carbocycles. The summed E-state index contributed by atoms with van der Waals surface area (Å²) in [5.41, 5.74) is 0.498. The quantitative estimate of drug-likeness (QED) is 0.229. The molecule has 12 nitrogen and oxygen atoms in total. The Balaban J connectivity index is 0.894. The zero-order chi connectivity index (χ0) is 36.2. The largest absolute Gasteiger partial charge is 0.394 e. The topological polar surface area (TPSA) is 177 Å². The van der Waals surface area contributed by atoms with Gasteiger partial charge in [0.1, 0.15) is 42.7 Å². The van der Waals surface area contributed by atoms with Crippen molar-refractivity contribution in [2.75, 3.05) is 13.2 Å². The maximum atomic E-state index is 11.1. The monoisotopic (exact) mass is 724 g/mol. The number of aliphatic hydroxyl groups is 6. The molecule has 0 amide bonds. The summed E-state index contributed by atoms with van der Waals surface area (Å²) in [6.45, 7) is 11.6. The van der Waals surface area contributed by atoms with Crippen molar-refractivity contribution in [2.45, 2.75) is 178 Å². The number of aliphatic hydroxyl groups excluding tert-OH is 6. The van der Waals surface area contributed by atoms with E-state index in [1.807, 2.05) is 0 Å². The summed E-state index contributed by atoms with van der Waals surface area (Å²) in [5.74, 6) is 3.73. The van der Waals surface area contributed by atoms with Crippen LogP contribution in [0.25, 0.3) is 0 Å². The third kappa shape index (κ3) is 5.91. The molecule has 0 radical (unpaired) electrons. The summed E-state index contributed by atoms with van der Waals surface area (Å²) in [5, 5.41) is 63.2. The van der Waals surface area contributed by atoms with Crippen LogP contribution in [0.3, 0.4) is 0 Å². The molecular formula is C39H64O12. The number of rotatable bonds is 5. The number of ether oxygens (including phenoxy) is 6. The Labute approximate surface area is 302 Å². The molecule has 8 rings (SSSR count). The Morgan fingerprint density at radius 3 is 2.16 bits per heavy atom. The summed E-state index contributed by atoms with van der Waals surface area (Å²) in [4.78, 5) is 0. The van der Waals surface area contributed by atoms with E-state index in [4.69, 9.17) is 28.4 Å². The summed E-state index contributed by atoms with van der Waals surface area (Å²) >= 11 is 0. The van der Waals surface area contributed by atoms with Gasteiger partial charge in [-0.25, -0.2) is 0 Å². The van der Waals surface area contributed by atoms with E-state index < -0.39 is 68.0 Å². The fraction of sp³-hybridized carbons (Fsp3) is 1.00. The molecule has 0 aromatic rings. The second kappa shape index (κ2) is 13.6. The molecule has 51 heavy (non-hydrogen) atoms. The van der Waals surface area contributed by atoms with Crippen LogP contribution in [0.5, 0.6) is 0 Å². The number of hydrogen-bond acceptors (Lipinski definition) is 12. The molecule has 22 atom stereocenters. The first kappa shape index (κ1) is 37.4. The number of fused-ring (bicyclic) bond motifs is 7. The van der Waals surface area contributed by atoms with Gasteiger partial charge >= 0.3 is 0 Å². The first-order valence-corrected chi connectivity index (χ1v) is 20.2. The molecule has 12 heteroatoms. The molecule has 1 spiro atoms. The lowest BCUT2D eigenvalue weighted by atomic mass is 9.44. The molecule has 4 saturated heterocycles. The van der Waals surface area contributed by atoms with Gasteiger partial charge in [-0.15, -0.1) is 0 Å². The third-order valence-electron chi connectivity index (χ3n) is 16.1. The maximum absolute atomic E-state index is 11.1. The maximum Gasteiger partial charge on any atom is 0.187 e. The van der Waals surface area contributed by atoms with E-state index in [0.717, 1.165) is 45.1 Å². The van der Waals surface area contributed by atoms with Gasteiger partial charge in [0.2, 0.25) is 0 Å². The first-order valence-electron chi connectivity index (χ1n) is 20.2. The van der Waals surface area contributed by atoms with Gasteiger partial charge in [0.25, 0.3) is 0 Å². The third-order valence-corrected chi connectivity index (χ3v) is 16.1. The van der Waals surface area contributed by atoms with E-state index in [1.165, 1.54) is 32.6 Å². The van der Waals surface area contributed by atoms with Gasteiger partial charge in [0, 0.05) is 12.3 Å². The first-order chi connectivity index (χ1) is 24.2. The highest BCUT2D eigenvalue weighted by molar-refractivity contribution is 5.15. The van der Waals surface area contributed by atoms with Crippen molar-refractivity contribution in [3.63, 3.8) is 0 Å². The van der Waals surface area contributed by atoms with Gasteiger partial charge in [-0.3, -0.25) is 0 Å². The Morgan fingerprint density at radius 1 is 0.706 bits per heavy atom. The van der Waals surface area contributed by atoms with E-state index in [1.54, 1.807) is 0 Å². The van der Waals surface area contributed by atoms with Gasteiger partial charge < -0.3 is 59.1 Å². The summed E-state index contributed by atoms with van der Waals surface area (Å²) in [7, 11) is 0. The van der Waals surface area contributed by atoms with E-state index in [-0.39, 0.29) is 22.7 Å². The smallest absolute Gasteiger partial charge is 0.187 e. The zero-order valence-electron chi connectivity index (χ0n) is 31.1. The molecule has 8 aliphatic rings. The molecule has 4 saturated carbocycles. The predicted molar refractivity (Wildman–Crippen MR) is 182 cm³/mol. The lowest BCUT2D eigenvalue weighted by molar-refractivity contribution is -0.361. The van der Waals surface area contributed by atoms with Crippen LogP contribution in [0.15, 0.2) is 0 Å². The lowest BCUT2D eigenvalue weighted by Crippen LogP contribution is -2.64. The van der Waals surface area contributed by atoms with Crippen molar-refractivity contribution in [2.24, 2.45) is 52.3 Å². The van der Waals surface area contributed by atoms with Crippen LogP contribution in [-0.2, 0) is 28.4 Å². The van der Waals surface area contributed by atoms with Gasteiger partial charge in [0.05, 0.1) is 31.5 Å². The number of hydrogen-bond donors (Lipinski definition) is 6. The predicted octanol–water partition coefficient (Wildman–Crippen LogP) is 2.47. The van der Waals surface area contributed by atoms with Crippen LogP contribution < -0.4 is 0 Å². The van der Waals surface area contributed by atoms with E-state index in [0.29, 0.717) is 47.5 Å². The van der Waals surface area contributed by atoms with Gasteiger partial charge in [0.15, 0.2) is 18.4 Å². The van der Waals surface area contributed by atoms with Crippen molar-refractivity contribution in [3.05, 3.63) is 0 Å². The van der Waals surface area contributed by atoms with Gasteiger partial charge in [-0.1, -0.05) is 27.7 Å². The second-order valence-corrected chi connectivity index (χ2v) is 18.7. The Bertz CT molecular complexity index is 1240. The van der Waals surface area contributed by atoms with Crippen molar-refractivity contribution >= 4 is 0 Å². The van der Waals surface area contributed by atoms with Crippen LogP contribution in [0.1, 0.15) is 98.8 Å². The molecule has 0 unspecified atom stereocenters. The van der Waals surface area contributed by atoms with Crippen molar-refractivity contribution < 1.29 is 59.1 Å². The molecule has 6 N–H and O–H groups in total. The highest BCUT2D eigenvalue weighted by atomic mass is 16.7. The van der Waals surface area contributed by atoms with Crippen LogP contribution in [0.2, 0.25) is 0 Å². The highest BCUT2D eigenvalue weighted by Crippen LogP contribution is 2.71. The van der Waals surface area contributed by atoms with Crippen LogP contribution >= 0.6 is 0 Å². The minimum atomic E-state index is -1.60. The van der Waals surface area contributed by atoms with Gasteiger partial charge in [-0.05, 0) is 111 Å². The fourth-order valence-corrected chi connectivity index (χ4v) is 13.2. The average Bonchev–Trinajstić information content (AvgIpc) is 3.56. The molecule has 0 bridgehead atoms. The van der Waals surface area contributed by atoms with E-state index in [2.05, 4.69) is 27.7 Å². The molecule has 4 aliphatic heterocycles. The second-order valence-electron chi connectivity index (χ2n) is 18.7. The summed E-state index contributed by atoms with van der Waals surface area (Å²) < 4.78 is 37.2. The van der Waals surface area contributed by atoms with Crippen LogP contribution in [0.4, 0.5) is 0 Å². The van der Waals surface area contributed by atoms with Crippen LogP contribution in [0, 0.1) is 52.3 Å². The minimum absolute atomic E-state index is 0.160. The zero-order valence-corrected chi connectivity index (χ0v) is 31.1. The summed E-state index contributed by atoms with van der Waals surface area (Å²) in [6.07, 6.45) is -2.12. The minimum Gasteiger partial charge on any atom is -0.394 e. The fourth-order valence-electron chi connectivity index (χ4n) is 13.2. The standard InChI is InChI=1S/C39H64O12/c1-18-8-13-39(46-17-18)19(2)28-26(51-39)15-25-23-7-6-21-14-22(9-11-37(21,4)24(23)10-12-38(25,28)5)48-36-33(45)31(43)34(27(16-40)49-36)50-35-32(44)30(42)29(41)20(3)47-35/h18-36,40-45H,6-17H2,1-5H3/t18-,19-,20-,21+,22-,23+,24-,25-,26-,27+,28-,29-,30+,31+,32+,33+,34+,35-,36+,37-,38-,39+/m0/s1. The van der Waals surface area contributed by atoms with Crippen molar-refractivity contribution in [3.8, 4) is 0 Å².